The molecular formula is C28H43N7O5. The molecule has 0 bridgehead atoms. The molecule has 0 spiro atoms. The van der Waals surface area contributed by atoms with E-state index in [1.54, 1.807) is 24.9 Å². The van der Waals surface area contributed by atoms with Crippen LogP contribution in [0.1, 0.15) is 128 Å². The molecule has 0 saturated heterocycles. The zero-order valence-corrected chi connectivity index (χ0v) is 25.2. The molecule has 40 heavy (non-hydrogen) atoms. The highest BCUT2D eigenvalue weighted by Crippen LogP contribution is 2.12. The van der Waals surface area contributed by atoms with Gasteiger partial charge in [0.1, 0.15) is 17.8 Å². The Morgan fingerprint density at radius 3 is 1.50 bits per heavy atom. The summed E-state index contributed by atoms with van der Waals surface area (Å²) in [6.07, 6.45) is 10.9. The molecule has 0 saturated carbocycles. The largest absolute Gasteiger partial charge is 0.449 e. The van der Waals surface area contributed by atoms with Crippen molar-refractivity contribution in [3.8, 4) is 0 Å². The van der Waals surface area contributed by atoms with Crippen molar-refractivity contribution >= 4 is 0 Å². The molecule has 0 aromatic carbocycles. The topological polar surface area (TPSA) is 156 Å². The summed E-state index contributed by atoms with van der Waals surface area (Å²) in [7, 11) is 0. The lowest BCUT2D eigenvalue weighted by Gasteiger charge is -1.93. The fraction of sp³-hybridized carbons (Fsp3) is 0.536. The van der Waals surface area contributed by atoms with Gasteiger partial charge in [0.15, 0.2) is 18.6 Å². The highest BCUT2D eigenvalue weighted by atomic mass is 16.5. The summed E-state index contributed by atoms with van der Waals surface area (Å²) in [4.78, 5) is 11.6. The zero-order valence-electron chi connectivity index (χ0n) is 25.2. The van der Waals surface area contributed by atoms with Crippen LogP contribution >= 0.6 is 0 Å². The lowest BCUT2D eigenvalue weighted by molar-refractivity contribution is 0.364. The van der Waals surface area contributed by atoms with E-state index in [4.69, 9.17) is 22.3 Å². The normalized spacial score (nSPS) is 10.4. The smallest absolute Gasteiger partial charge is 0.228 e. The molecule has 0 aliphatic carbocycles. The van der Waals surface area contributed by atoms with Crippen LogP contribution in [0.4, 0.5) is 0 Å². The summed E-state index contributed by atoms with van der Waals surface area (Å²) in [5.74, 6) is 6.12. The molecule has 5 rings (SSSR count). The van der Waals surface area contributed by atoms with Gasteiger partial charge in [0.2, 0.25) is 18.2 Å². The van der Waals surface area contributed by atoms with E-state index in [1.165, 1.54) is 19.1 Å². The van der Waals surface area contributed by atoms with Crippen LogP contribution in [-0.4, -0.2) is 35.5 Å². The Hall–Kier alpha value is -4.09. The third-order valence-corrected chi connectivity index (χ3v) is 4.74. The molecule has 0 atom stereocenters. The van der Waals surface area contributed by atoms with Crippen molar-refractivity contribution in [3.05, 3.63) is 79.2 Å². The zero-order chi connectivity index (χ0) is 29.9. The van der Waals surface area contributed by atoms with Gasteiger partial charge in [-0.25, -0.2) is 9.97 Å². The molecule has 12 nitrogen and oxygen atoms in total. The summed E-state index contributed by atoms with van der Waals surface area (Å²) in [5, 5.41) is 14.3. The Labute approximate surface area is 236 Å². The molecule has 5 aromatic heterocycles. The van der Waals surface area contributed by atoms with Crippen molar-refractivity contribution in [2.45, 2.75) is 98.8 Å². The molecule has 220 valence electrons. The van der Waals surface area contributed by atoms with Crippen LogP contribution in [0.3, 0.4) is 0 Å². The van der Waals surface area contributed by atoms with E-state index in [9.17, 15) is 0 Å². The lowest BCUT2D eigenvalue weighted by atomic mass is 10.2. The molecule has 0 aliphatic heterocycles. The summed E-state index contributed by atoms with van der Waals surface area (Å²) in [6, 6.07) is 1.88. The predicted octanol–water partition coefficient (Wildman–Crippen LogP) is 7.78. The van der Waals surface area contributed by atoms with E-state index < -0.39 is 0 Å². The first-order valence-corrected chi connectivity index (χ1v) is 13.2. The van der Waals surface area contributed by atoms with Crippen LogP contribution in [0, 0.1) is 0 Å². The molecule has 12 heteroatoms. The minimum atomic E-state index is 0.345. The Morgan fingerprint density at radius 2 is 1.25 bits per heavy atom. The van der Waals surface area contributed by atoms with Crippen LogP contribution in [0.25, 0.3) is 0 Å². The van der Waals surface area contributed by atoms with Gasteiger partial charge < -0.3 is 22.3 Å². The predicted molar refractivity (Wildman–Crippen MR) is 149 cm³/mol. The second-order valence-corrected chi connectivity index (χ2v) is 10.0. The summed E-state index contributed by atoms with van der Waals surface area (Å²) >= 11 is 0. The molecule has 5 aromatic rings. The molecular weight excluding hydrogens is 514 g/mol. The minimum Gasteiger partial charge on any atom is -0.449 e. The number of aromatic nitrogens is 7. The molecule has 0 N–H and O–H groups in total. The van der Waals surface area contributed by atoms with Gasteiger partial charge in [-0.05, 0) is 0 Å². The summed E-state index contributed by atoms with van der Waals surface area (Å²) in [5.41, 5.74) is 0. The summed E-state index contributed by atoms with van der Waals surface area (Å²) < 4.78 is 24.4. The Balaban J connectivity index is 0.000000250. The van der Waals surface area contributed by atoms with Gasteiger partial charge in [-0.15, -0.1) is 10.2 Å². The maximum absolute atomic E-state index is 4.98. The molecule has 0 fully saturated rings. The van der Waals surface area contributed by atoms with Crippen LogP contribution in [-0.2, 0) is 0 Å². The van der Waals surface area contributed by atoms with Crippen LogP contribution in [0.2, 0.25) is 0 Å². The van der Waals surface area contributed by atoms with E-state index in [1.807, 2.05) is 47.6 Å². The Kier molecular flexibility index (Phi) is 16.2. The fourth-order valence-corrected chi connectivity index (χ4v) is 2.42. The third kappa shape index (κ3) is 14.2. The first kappa shape index (κ1) is 33.9. The van der Waals surface area contributed by atoms with Crippen molar-refractivity contribution in [2.75, 3.05) is 0 Å². The van der Waals surface area contributed by atoms with Crippen molar-refractivity contribution in [3.63, 3.8) is 0 Å². The van der Waals surface area contributed by atoms with Crippen molar-refractivity contribution in [1.29, 1.82) is 0 Å². The van der Waals surface area contributed by atoms with Crippen molar-refractivity contribution in [2.24, 2.45) is 0 Å². The van der Waals surface area contributed by atoms with Crippen LogP contribution in [0.15, 0.2) is 72.3 Å². The van der Waals surface area contributed by atoms with E-state index in [0.717, 1.165) is 17.4 Å². The van der Waals surface area contributed by atoms with Gasteiger partial charge in [0.25, 0.3) is 0 Å². The molecule has 0 amide bonds. The van der Waals surface area contributed by atoms with E-state index >= 15 is 0 Å². The van der Waals surface area contributed by atoms with E-state index in [2.05, 4.69) is 63.2 Å². The first-order chi connectivity index (χ1) is 19.0. The number of rotatable bonds is 5. The SMILES string of the molecule is CC(C)c1ccno1.CC(C)c1cnco1.CC(C)c1ncco1.CC(C)c1ncno1.CC(C)c1nnco1. The highest BCUT2D eigenvalue weighted by Gasteiger charge is 2.03. The van der Waals surface area contributed by atoms with Crippen LogP contribution in [0.5, 0.6) is 0 Å². The lowest BCUT2D eigenvalue weighted by Crippen LogP contribution is -1.85. The second kappa shape index (κ2) is 19.0. The first-order valence-electron chi connectivity index (χ1n) is 13.2. The number of hydrogen-bond donors (Lipinski definition) is 0. The van der Waals surface area contributed by atoms with Crippen molar-refractivity contribution in [1.82, 2.24) is 35.5 Å². The molecule has 0 radical (unpaired) electrons. The van der Waals surface area contributed by atoms with Gasteiger partial charge in [-0.3, -0.25) is 0 Å². The monoisotopic (exact) mass is 557 g/mol. The standard InChI is InChI=1S/3C6H9NO.2C5H8N2O/c1-5(2)6-3-7-4-8-6;1-5(2)6-7-3-4-8-6;1-5(2)6-3-4-7-8-6;1-4(2)5-7-6-3-8-5;1-4(2)5-6-3-7-8-5/h3*3-5H,1-2H3;2*3-4H,1-2H3. The maximum atomic E-state index is 4.98. The minimum absolute atomic E-state index is 0.345. The maximum Gasteiger partial charge on any atom is 0.228 e. The van der Waals surface area contributed by atoms with Crippen molar-refractivity contribution < 1.29 is 22.3 Å². The van der Waals surface area contributed by atoms with Gasteiger partial charge in [-0.1, -0.05) is 79.6 Å². The Bertz CT molecular complexity index is 944. The number of hydrogen-bond acceptors (Lipinski definition) is 12. The molecule has 0 unspecified atom stereocenters. The number of oxazole rings is 2. The molecule has 5 heterocycles. The summed E-state index contributed by atoms with van der Waals surface area (Å²) in [6.45, 7) is 20.4. The number of nitrogens with zero attached hydrogens (tertiary/aromatic N) is 7. The van der Waals surface area contributed by atoms with Gasteiger partial charge in [0.05, 0.1) is 18.6 Å². The van der Waals surface area contributed by atoms with Gasteiger partial charge in [-0.2, -0.15) is 4.98 Å². The van der Waals surface area contributed by atoms with Gasteiger partial charge in [0, 0.05) is 35.7 Å². The van der Waals surface area contributed by atoms with E-state index in [0.29, 0.717) is 41.4 Å². The van der Waals surface area contributed by atoms with Crippen LogP contribution < -0.4 is 0 Å². The average molecular weight is 558 g/mol. The third-order valence-electron chi connectivity index (χ3n) is 4.74. The second-order valence-electron chi connectivity index (χ2n) is 10.0. The Morgan fingerprint density at radius 1 is 0.575 bits per heavy atom. The van der Waals surface area contributed by atoms with Gasteiger partial charge >= 0.3 is 0 Å². The average Bonchev–Trinajstić information content (AvgIpc) is 3.74. The quantitative estimate of drug-likeness (QED) is 0.207. The van der Waals surface area contributed by atoms with E-state index in [-0.39, 0.29) is 0 Å². The molecule has 0 aliphatic rings. The fourth-order valence-electron chi connectivity index (χ4n) is 2.42. The highest BCUT2D eigenvalue weighted by molar-refractivity contribution is 4.97.